The first kappa shape index (κ1) is 12.3. The smallest absolute Gasteiger partial charge is 0.231 e. The van der Waals surface area contributed by atoms with E-state index in [-0.39, 0.29) is 0 Å². The quantitative estimate of drug-likeness (QED) is 0.759. The normalized spacial score (nSPS) is 13.9. The van der Waals surface area contributed by atoms with Crippen LogP contribution in [0.25, 0.3) is 0 Å². The SMILES string of the molecule is CC(O)c1nc(OCC[Si](C)(C)C)c[nH]1. The van der Waals surface area contributed by atoms with Gasteiger partial charge in [-0.3, -0.25) is 0 Å². The molecule has 1 unspecified atom stereocenters. The highest BCUT2D eigenvalue weighted by Gasteiger charge is 2.13. The van der Waals surface area contributed by atoms with Crippen LogP contribution < -0.4 is 4.74 Å². The molecule has 0 spiro atoms. The molecular formula is C10H20N2O2Si. The van der Waals surface area contributed by atoms with Crippen LogP contribution in [-0.2, 0) is 0 Å². The van der Waals surface area contributed by atoms with Gasteiger partial charge in [0.25, 0.3) is 0 Å². The van der Waals surface area contributed by atoms with E-state index in [1.54, 1.807) is 13.1 Å². The second-order valence-electron chi connectivity index (χ2n) is 4.96. The van der Waals surface area contributed by atoms with E-state index in [0.717, 1.165) is 6.04 Å². The molecule has 5 heteroatoms. The van der Waals surface area contributed by atoms with Crippen LogP contribution in [-0.4, -0.2) is 29.8 Å². The molecule has 0 aliphatic heterocycles. The molecule has 0 aliphatic carbocycles. The molecule has 1 aromatic heterocycles. The van der Waals surface area contributed by atoms with Crippen molar-refractivity contribution in [3.63, 3.8) is 0 Å². The van der Waals surface area contributed by atoms with Crippen LogP contribution in [0, 0.1) is 0 Å². The van der Waals surface area contributed by atoms with Crippen LogP contribution in [0.2, 0.25) is 25.7 Å². The lowest BCUT2D eigenvalue weighted by atomic mass is 10.4. The third-order valence-electron chi connectivity index (χ3n) is 2.07. The molecule has 1 heterocycles. The van der Waals surface area contributed by atoms with Crippen LogP contribution in [0.15, 0.2) is 6.20 Å². The summed E-state index contributed by atoms with van der Waals surface area (Å²) in [6, 6.07) is 1.11. The summed E-state index contributed by atoms with van der Waals surface area (Å²) in [6.45, 7) is 9.30. The van der Waals surface area contributed by atoms with E-state index in [1.165, 1.54) is 0 Å². The molecule has 0 radical (unpaired) electrons. The van der Waals surface area contributed by atoms with Crippen molar-refractivity contribution >= 4 is 8.07 Å². The molecule has 0 aromatic carbocycles. The number of hydrogen-bond donors (Lipinski definition) is 2. The predicted molar refractivity (Wildman–Crippen MR) is 62.9 cm³/mol. The highest BCUT2D eigenvalue weighted by atomic mass is 28.3. The van der Waals surface area contributed by atoms with Gasteiger partial charge in [0.2, 0.25) is 5.88 Å². The average Bonchev–Trinajstić information content (AvgIpc) is 2.50. The molecule has 1 atom stereocenters. The van der Waals surface area contributed by atoms with E-state index in [2.05, 4.69) is 29.6 Å². The predicted octanol–water partition coefficient (Wildman–Crippen LogP) is 2.18. The van der Waals surface area contributed by atoms with E-state index in [1.807, 2.05) is 0 Å². The van der Waals surface area contributed by atoms with Gasteiger partial charge in [-0.15, -0.1) is 0 Å². The van der Waals surface area contributed by atoms with Crippen molar-refractivity contribution in [2.75, 3.05) is 6.61 Å². The van der Waals surface area contributed by atoms with Gasteiger partial charge in [-0.25, -0.2) is 0 Å². The average molecular weight is 228 g/mol. The summed E-state index contributed by atoms with van der Waals surface area (Å²) in [5.74, 6) is 1.13. The molecule has 2 N–H and O–H groups in total. The summed E-state index contributed by atoms with van der Waals surface area (Å²) < 4.78 is 5.49. The number of aromatic nitrogens is 2. The van der Waals surface area contributed by atoms with Gasteiger partial charge in [0.05, 0.1) is 12.8 Å². The topological polar surface area (TPSA) is 58.1 Å². The third-order valence-corrected chi connectivity index (χ3v) is 3.78. The van der Waals surface area contributed by atoms with Gasteiger partial charge in [0.15, 0.2) is 0 Å². The summed E-state index contributed by atoms with van der Waals surface area (Å²) in [6.07, 6.45) is 1.12. The Balaban J connectivity index is 2.38. The number of aromatic amines is 1. The monoisotopic (exact) mass is 228 g/mol. The molecular weight excluding hydrogens is 208 g/mol. The molecule has 1 rings (SSSR count). The molecule has 0 fully saturated rings. The maximum absolute atomic E-state index is 9.25. The van der Waals surface area contributed by atoms with Gasteiger partial charge >= 0.3 is 0 Å². The van der Waals surface area contributed by atoms with E-state index < -0.39 is 14.2 Å². The van der Waals surface area contributed by atoms with Gasteiger partial charge in [-0.05, 0) is 13.0 Å². The van der Waals surface area contributed by atoms with Crippen molar-refractivity contribution in [1.29, 1.82) is 0 Å². The summed E-state index contributed by atoms with van der Waals surface area (Å²) in [5.41, 5.74) is 0. The van der Waals surface area contributed by atoms with Crippen molar-refractivity contribution in [3.8, 4) is 5.88 Å². The number of ether oxygens (including phenoxy) is 1. The molecule has 1 aromatic rings. The fourth-order valence-corrected chi connectivity index (χ4v) is 1.78. The van der Waals surface area contributed by atoms with Gasteiger partial charge in [0, 0.05) is 8.07 Å². The second kappa shape index (κ2) is 4.81. The summed E-state index contributed by atoms with van der Waals surface area (Å²) in [4.78, 5) is 7.00. The van der Waals surface area contributed by atoms with Crippen molar-refractivity contribution in [2.24, 2.45) is 0 Å². The van der Waals surface area contributed by atoms with Crippen molar-refractivity contribution < 1.29 is 9.84 Å². The van der Waals surface area contributed by atoms with Crippen LogP contribution in [0.4, 0.5) is 0 Å². The van der Waals surface area contributed by atoms with E-state index in [9.17, 15) is 5.11 Å². The molecule has 0 saturated heterocycles. The molecule has 0 amide bonds. The number of rotatable bonds is 5. The first-order chi connectivity index (χ1) is 6.88. The van der Waals surface area contributed by atoms with Gasteiger partial charge < -0.3 is 14.8 Å². The lowest BCUT2D eigenvalue weighted by molar-refractivity contribution is 0.189. The molecule has 0 saturated carbocycles. The van der Waals surface area contributed by atoms with Crippen molar-refractivity contribution in [2.45, 2.75) is 38.7 Å². The minimum Gasteiger partial charge on any atom is -0.477 e. The van der Waals surface area contributed by atoms with Gasteiger partial charge in [-0.2, -0.15) is 4.98 Å². The Morgan fingerprint density at radius 3 is 2.67 bits per heavy atom. The largest absolute Gasteiger partial charge is 0.477 e. The summed E-state index contributed by atoms with van der Waals surface area (Å²) in [7, 11) is -1.04. The number of H-pyrrole nitrogens is 1. The standard InChI is InChI=1S/C10H20N2O2Si/c1-8(13)10-11-7-9(12-10)14-5-6-15(2,3)4/h7-8,13H,5-6H2,1-4H3,(H,11,12). The second-order valence-corrected chi connectivity index (χ2v) is 10.6. The lowest BCUT2D eigenvalue weighted by Crippen LogP contribution is -2.22. The fraction of sp³-hybridized carbons (Fsp3) is 0.700. The summed E-state index contributed by atoms with van der Waals surface area (Å²) in [5, 5.41) is 9.25. The Hall–Kier alpha value is -0.813. The zero-order valence-electron chi connectivity index (χ0n) is 9.87. The third kappa shape index (κ3) is 4.48. The van der Waals surface area contributed by atoms with E-state index >= 15 is 0 Å². The number of nitrogens with one attached hydrogen (secondary N) is 1. The zero-order valence-corrected chi connectivity index (χ0v) is 10.9. The van der Waals surface area contributed by atoms with Crippen molar-refractivity contribution in [1.82, 2.24) is 9.97 Å². The van der Waals surface area contributed by atoms with Gasteiger partial charge in [0.1, 0.15) is 11.9 Å². The van der Waals surface area contributed by atoms with Crippen LogP contribution in [0.1, 0.15) is 18.9 Å². The number of nitrogens with zero attached hydrogens (tertiary/aromatic N) is 1. The van der Waals surface area contributed by atoms with Crippen LogP contribution in [0.5, 0.6) is 5.88 Å². The van der Waals surface area contributed by atoms with E-state index in [4.69, 9.17) is 4.74 Å². The lowest BCUT2D eigenvalue weighted by Gasteiger charge is -2.14. The highest BCUT2D eigenvalue weighted by Crippen LogP contribution is 2.14. The fourth-order valence-electron chi connectivity index (χ4n) is 1.07. The number of imidazole rings is 1. The van der Waals surface area contributed by atoms with Crippen LogP contribution in [0.3, 0.4) is 0 Å². The van der Waals surface area contributed by atoms with Crippen molar-refractivity contribution in [3.05, 3.63) is 12.0 Å². The van der Waals surface area contributed by atoms with E-state index in [0.29, 0.717) is 18.3 Å². The minimum absolute atomic E-state index is 0.554. The van der Waals surface area contributed by atoms with Crippen LogP contribution >= 0.6 is 0 Å². The highest BCUT2D eigenvalue weighted by molar-refractivity contribution is 6.76. The number of hydrogen-bond acceptors (Lipinski definition) is 3. The summed E-state index contributed by atoms with van der Waals surface area (Å²) >= 11 is 0. The Morgan fingerprint density at radius 2 is 2.20 bits per heavy atom. The molecule has 15 heavy (non-hydrogen) atoms. The Kier molecular flexibility index (Phi) is 3.93. The van der Waals surface area contributed by atoms with Gasteiger partial charge in [-0.1, -0.05) is 19.6 Å². The molecule has 0 bridgehead atoms. The minimum atomic E-state index is -1.04. The first-order valence-corrected chi connectivity index (χ1v) is 8.95. The maximum Gasteiger partial charge on any atom is 0.231 e. The Bertz CT molecular complexity index is 305. The molecule has 86 valence electrons. The Labute approximate surface area is 91.7 Å². The Morgan fingerprint density at radius 1 is 1.53 bits per heavy atom. The molecule has 4 nitrogen and oxygen atoms in total. The number of aliphatic hydroxyl groups is 1. The maximum atomic E-state index is 9.25. The zero-order chi connectivity index (χ0) is 11.5. The first-order valence-electron chi connectivity index (χ1n) is 5.25. The molecule has 0 aliphatic rings. The number of aliphatic hydroxyl groups excluding tert-OH is 1.